The third kappa shape index (κ3) is 3.58. The van der Waals surface area contributed by atoms with Crippen molar-refractivity contribution in [3.8, 4) is 11.1 Å². The predicted molar refractivity (Wildman–Crippen MR) is 113 cm³/mol. The maximum atomic E-state index is 13.5. The fraction of sp³-hybridized carbons (Fsp3) is 0.381. The zero-order chi connectivity index (χ0) is 20.6. The van der Waals surface area contributed by atoms with E-state index in [2.05, 4.69) is 19.9 Å². The quantitative estimate of drug-likeness (QED) is 0.643. The van der Waals surface area contributed by atoms with Gasteiger partial charge in [0.15, 0.2) is 0 Å². The number of nitrogens with zero attached hydrogens (tertiary/aromatic N) is 3. The van der Waals surface area contributed by atoms with Crippen LogP contribution in [0.5, 0.6) is 0 Å². The zero-order valence-corrected chi connectivity index (χ0v) is 17.6. The molecule has 1 fully saturated rings. The molecule has 0 aliphatic heterocycles. The molecule has 0 amide bonds. The number of aliphatic imine (C=N–C) groups is 1. The Hall–Kier alpha value is -2.58. The van der Waals surface area contributed by atoms with E-state index in [1.807, 2.05) is 19.9 Å². The first kappa shape index (κ1) is 19.7. The highest BCUT2D eigenvalue weighted by molar-refractivity contribution is 7.89. The van der Waals surface area contributed by atoms with Crippen molar-refractivity contribution in [3.63, 3.8) is 0 Å². The summed E-state index contributed by atoms with van der Waals surface area (Å²) in [7, 11) is -2.15. The second kappa shape index (κ2) is 7.35. The Kier molecular flexibility index (Phi) is 5.00. The molecule has 1 aliphatic carbocycles. The van der Waals surface area contributed by atoms with Crippen molar-refractivity contribution >= 4 is 27.1 Å². The van der Waals surface area contributed by atoms with Crippen molar-refractivity contribution in [2.45, 2.75) is 50.0 Å². The Morgan fingerprint density at radius 3 is 2.66 bits per heavy atom. The van der Waals surface area contributed by atoms with Crippen LogP contribution in [0, 0.1) is 13.8 Å². The third-order valence-corrected chi connectivity index (χ3v) is 7.10. The molecule has 152 valence electrons. The second-order valence-corrected chi connectivity index (χ2v) is 9.25. The number of sulfonamides is 1. The monoisotopic (exact) mass is 412 g/mol. The lowest BCUT2D eigenvalue weighted by Crippen LogP contribution is -2.47. The van der Waals surface area contributed by atoms with Gasteiger partial charge in [0.25, 0.3) is 0 Å². The summed E-state index contributed by atoms with van der Waals surface area (Å²) in [6.45, 7) is 3.65. The summed E-state index contributed by atoms with van der Waals surface area (Å²) in [4.78, 5) is 8.73. The van der Waals surface area contributed by atoms with Crippen LogP contribution < -0.4 is 4.72 Å². The van der Waals surface area contributed by atoms with E-state index in [4.69, 9.17) is 4.52 Å². The molecule has 1 saturated carbocycles. The van der Waals surface area contributed by atoms with Crippen molar-refractivity contribution in [1.82, 2.24) is 14.9 Å². The normalized spacial score (nSPS) is 16.8. The van der Waals surface area contributed by atoms with Gasteiger partial charge in [0, 0.05) is 30.4 Å². The Bertz CT molecular complexity index is 1170. The minimum absolute atomic E-state index is 0.203. The van der Waals surface area contributed by atoms with E-state index in [-0.39, 0.29) is 4.90 Å². The molecule has 4 rings (SSSR count). The molecule has 0 bridgehead atoms. The number of hydrogen-bond acceptors (Lipinski definition) is 6. The van der Waals surface area contributed by atoms with Crippen LogP contribution in [0.15, 0.2) is 44.9 Å². The highest BCUT2D eigenvalue weighted by Gasteiger charge is 2.37. The molecule has 1 N–H and O–H groups in total. The maximum Gasteiger partial charge on any atom is 0.242 e. The molecule has 8 heteroatoms. The second-order valence-electron chi connectivity index (χ2n) is 7.60. The first-order chi connectivity index (χ1) is 13.9. The summed E-state index contributed by atoms with van der Waals surface area (Å²) in [5.41, 5.74) is 2.19. The number of fused-ring (bicyclic) bond motifs is 1. The van der Waals surface area contributed by atoms with Crippen molar-refractivity contribution in [1.29, 1.82) is 0 Å². The standard InChI is InChI=1S/C21H24N4O3S/c1-14-20(15(2)28-24-14)16-11-18-17(7-6-10-23-18)19(12-16)29(26,27)25-21(13-22-3)8-4-5-9-21/h6-7,10-13,25H,4-5,8-9H2,1-3H3/b22-13+. The highest BCUT2D eigenvalue weighted by atomic mass is 32.2. The molecule has 2 aromatic heterocycles. The van der Waals surface area contributed by atoms with Crippen LogP contribution in [0.3, 0.4) is 0 Å². The Balaban J connectivity index is 1.90. The number of benzene rings is 1. The molecule has 29 heavy (non-hydrogen) atoms. The molecule has 1 aliphatic rings. The first-order valence-corrected chi connectivity index (χ1v) is 11.1. The lowest BCUT2D eigenvalue weighted by atomic mass is 10.0. The molecule has 7 nitrogen and oxygen atoms in total. The van der Waals surface area contributed by atoms with Crippen LogP contribution in [-0.2, 0) is 10.0 Å². The number of rotatable bonds is 5. The molecule has 0 saturated heterocycles. The smallest absolute Gasteiger partial charge is 0.242 e. The Labute approximate surface area is 170 Å². The van der Waals surface area contributed by atoms with Gasteiger partial charge in [0.2, 0.25) is 10.0 Å². The SMILES string of the molecule is C/N=C/C1(NS(=O)(=O)c2cc(-c3c(C)noc3C)cc3ncccc23)CCCC1. The van der Waals surface area contributed by atoms with Crippen LogP contribution in [0.25, 0.3) is 22.0 Å². The van der Waals surface area contributed by atoms with Gasteiger partial charge < -0.3 is 4.52 Å². The Morgan fingerprint density at radius 2 is 2.00 bits per heavy atom. The number of hydrogen-bond donors (Lipinski definition) is 1. The van der Waals surface area contributed by atoms with Crippen LogP contribution in [0.2, 0.25) is 0 Å². The molecule has 3 aromatic rings. The van der Waals surface area contributed by atoms with Crippen LogP contribution >= 0.6 is 0 Å². The van der Waals surface area contributed by atoms with E-state index >= 15 is 0 Å². The molecule has 0 spiro atoms. The van der Waals surface area contributed by atoms with E-state index in [0.29, 0.717) is 22.4 Å². The third-order valence-electron chi connectivity index (χ3n) is 5.50. The highest BCUT2D eigenvalue weighted by Crippen LogP contribution is 2.35. The minimum atomic E-state index is -3.82. The van der Waals surface area contributed by atoms with Crippen molar-refractivity contribution < 1.29 is 12.9 Å². The van der Waals surface area contributed by atoms with Crippen LogP contribution in [0.4, 0.5) is 0 Å². The van der Waals surface area contributed by atoms with E-state index in [9.17, 15) is 8.42 Å². The van der Waals surface area contributed by atoms with Gasteiger partial charge in [-0.05, 0) is 56.5 Å². The average molecular weight is 413 g/mol. The molecule has 2 heterocycles. The largest absolute Gasteiger partial charge is 0.361 e. The summed E-state index contributed by atoms with van der Waals surface area (Å²) in [5, 5.41) is 4.59. The topological polar surface area (TPSA) is 97.5 Å². The van der Waals surface area contributed by atoms with Gasteiger partial charge in [-0.2, -0.15) is 4.72 Å². The Morgan fingerprint density at radius 1 is 1.24 bits per heavy atom. The summed E-state index contributed by atoms with van der Waals surface area (Å²) in [5.74, 6) is 0.638. The predicted octanol–water partition coefficient (Wildman–Crippen LogP) is 3.80. The number of aryl methyl sites for hydroxylation is 2. The van der Waals surface area contributed by atoms with Gasteiger partial charge >= 0.3 is 0 Å². The van der Waals surface area contributed by atoms with Crippen molar-refractivity contribution in [3.05, 3.63) is 41.9 Å². The van der Waals surface area contributed by atoms with Crippen LogP contribution in [-0.4, -0.2) is 37.4 Å². The number of nitrogens with one attached hydrogen (secondary N) is 1. The number of pyridine rings is 1. The van der Waals surface area contributed by atoms with Gasteiger partial charge in [0.05, 0.1) is 21.6 Å². The van der Waals surface area contributed by atoms with Gasteiger partial charge in [-0.15, -0.1) is 0 Å². The average Bonchev–Trinajstić information content (AvgIpc) is 3.27. The molecule has 0 unspecified atom stereocenters. The van der Waals surface area contributed by atoms with Gasteiger partial charge in [0.1, 0.15) is 5.76 Å². The molecule has 0 atom stereocenters. The minimum Gasteiger partial charge on any atom is -0.361 e. The fourth-order valence-electron chi connectivity index (χ4n) is 4.24. The van der Waals surface area contributed by atoms with Gasteiger partial charge in [-0.3, -0.25) is 9.98 Å². The maximum absolute atomic E-state index is 13.5. The van der Waals surface area contributed by atoms with Gasteiger partial charge in [-0.25, -0.2) is 8.42 Å². The summed E-state index contributed by atoms with van der Waals surface area (Å²) in [6, 6.07) is 7.09. The van der Waals surface area contributed by atoms with E-state index in [1.54, 1.807) is 37.7 Å². The van der Waals surface area contributed by atoms with Crippen molar-refractivity contribution in [2.75, 3.05) is 7.05 Å². The lowest BCUT2D eigenvalue weighted by molar-refractivity contribution is 0.393. The lowest BCUT2D eigenvalue weighted by Gasteiger charge is -2.26. The summed E-state index contributed by atoms with van der Waals surface area (Å²) < 4.78 is 35.3. The number of aromatic nitrogens is 2. The first-order valence-electron chi connectivity index (χ1n) is 9.64. The van der Waals surface area contributed by atoms with E-state index in [0.717, 1.165) is 36.8 Å². The van der Waals surface area contributed by atoms with E-state index < -0.39 is 15.6 Å². The summed E-state index contributed by atoms with van der Waals surface area (Å²) >= 11 is 0. The molecule has 0 radical (unpaired) electrons. The van der Waals surface area contributed by atoms with Crippen LogP contribution in [0.1, 0.15) is 37.1 Å². The molecular formula is C21H24N4O3S. The molecular weight excluding hydrogens is 388 g/mol. The molecule has 1 aromatic carbocycles. The zero-order valence-electron chi connectivity index (χ0n) is 16.8. The fourth-order valence-corrected chi connectivity index (χ4v) is 5.89. The van der Waals surface area contributed by atoms with Gasteiger partial charge in [-0.1, -0.05) is 18.0 Å². The summed E-state index contributed by atoms with van der Waals surface area (Å²) in [6.07, 6.45) is 6.81. The van der Waals surface area contributed by atoms with Crippen molar-refractivity contribution in [2.24, 2.45) is 4.99 Å². The van der Waals surface area contributed by atoms with E-state index in [1.165, 1.54) is 0 Å².